The van der Waals surface area contributed by atoms with Crippen LogP contribution in [0.5, 0.6) is 0 Å². The maximum Gasteiger partial charge on any atom is 0.227 e. The molecular weight excluding hydrogens is 711 g/mol. The van der Waals surface area contributed by atoms with Crippen molar-refractivity contribution in [2.75, 3.05) is 4.90 Å². The topological polar surface area (TPSA) is 47.3 Å². The van der Waals surface area contributed by atoms with Gasteiger partial charge in [-0.1, -0.05) is 115 Å². The first-order valence-corrected chi connectivity index (χ1v) is 19.5. The number of fused-ring (bicyclic) bond motifs is 9. The van der Waals surface area contributed by atoms with Gasteiger partial charge in [-0.15, -0.1) is 0 Å². The van der Waals surface area contributed by atoms with Gasteiger partial charge in [0.05, 0.1) is 11.0 Å². The van der Waals surface area contributed by atoms with Crippen molar-refractivity contribution < 1.29 is 8.83 Å². The molecule has 0 unspecified atom stereocenters. The number of hydrogen-bond acceptors (Lipinski definition) is 4. The molecule has 0 radical (unpaired) electrons. The molecule has 0 spiro atoms. The van der Waals surface area contributed by atoms with E-state index in [2.05, 4.69) is 161 Å². The Morgan fingerprint density at radius 3 is 1.98 bits per heavy atom. The smallest absolute Gasteiger partial charge is 0.227 e. The van der Waals surface area contributed by atoms with Gasteiger partial charge in [0.2, 0.25) is 5.89 Å². The van der Waals surface area contributed by atoms with Crippen LogP contribution in [-0.4, -0.2) is 9.55 Å². The molecule has 58 heavy (non-hydrogen) atoms. The molecule has 5 heteroatoms. The van der Waals surface area contributed by atoms with Gasteiger partial charge in [-0.05, 0) is 101 Å². The van der Waals surface area contributed by atoms with Crippen molar-refractivity contribution in [1.29, 1.82) is 0 Å². The molecule has 3 heterocycles. The Labute approximate surface area is 333 Å². The van der Waals surface area contributed by atoms with Gasteiger partial charge in [0.15, 0.2) is 5.58 Å². The van der Waals surface area contributed by atoms with Gasteiger partial charge in [-0.2, -0.15) is 0 Å². The third-order valence-corrected chi connectivity index (χ3v) is 11.4. The van der Waals surface area contributed by atoms with Crippen LogP contribution in [0, 0.1) is 0 Å². The van der Waals surface area contributed by atoms with E-state index in [1.807, 2.05) is 48.5 Å². The Bertz CT molecular complexity index is 3510. The van der Waals surface area contributed by atoms with Crippen LogP contribution in [0.15, 0.2) is 209 Å². The Morgan fingerprint density at radius 1 is 0.431 bits per heavy atom. The summed E-state index contributed by atoms with van der Waals surface area (Å²) in [5, 5.41) is 6.77. The Kier molecular flexibility index (Phi) is 7.16. The average Bonchev–Trinajstić information content (AvgIpc) is 3.99. The minimum absolute atomic E-state index is 0.620. The van der Waals surface area contributed by atoms with Crippen molar-refractivity contribution in [3.63, 3.8) is 0 Å². The van der Waals surface area contributed by atoms with Gasteiger partial charge in [-0.25, -0.2) is 4.98 Å². The van der Waals surface area contributed by atoms with Crippen LogP contribution >= 0.6 is 0 Å². The summed E-state index contributed by atoms with van der Waals surface area (Å²) < 4.78 is 15.2. The summed E-state index contributed by atoms with van der Waals surface area (Å²) in [6, 6.07) is 70.4. The quantitative estimate of drug-likeness (QED) is 0.170. The number of furan rings is 1. The van der Waals surface area contributed by atoms with Crippen LogP contribution in [0.3, 0.4) is 0 Å². The van der Waals surface area contributed by atoms with Crippen molar-refractivity contribution in [3.8, 4) is 28.3 Å². The highest BCUT2D eigenvalue weighted by Crippen LogP contribution is 2.43. The number of hydrogen-bond donors (Lipinski definition) is 0. The van der Waals surface area contributed by atoms with E-state index in [4.69, 9.17) is 13.8 Å². The minimum atomic E-state index is 0.620. The maximum atomic E-state index is 6.54. The zero-order valence-corrected chi connectivity index (χ0v) is 31.2. The molecular formula is C53H33N3O2. The molecule has 272 valence electrons. The second kappa shape index (κ2) is 12.8. The molecule has 0 N–H and O–H groups in total. The predicted octanol–water partition coefficient (Wildman–Crippen LogP) is 14.8. The van der Waals surface area contributed by atoms with Crippen LogP contribution in [0.2, 0.25) is 0 Å². The van der Waals surface area contributed by atoms with E-state index in [-0.39, 0.29) is 0 Å². The zero-order chi connectivity index (χ0) is 38.2. The minimum Gasteiger partial charge on any atom is -0.456 e. The van der Waals surface area contributed by atoms with Crippen molar-refractivity contribution in [2.24, 2.45) is 0 Å². The van der Waals surface area contributed by atoms with Crippen LogP contribution < -0.4 is 4.90 Å². The van der Waals surface area contributed by atoms with Gasteiger partial charge >= 0.3 is 0 Å². The van der Waals surface area contributed by atoms with Crippen LogP contribution in [-0.2, 0) is 0 Å². The third-order valence-electron chi connectivity index (χ3n) is 11.4. The number of rotatable bonds is 6. The van der Waals surface area contributed by atoms with Gasteiger partial charge < -0.3 is 18.3 Å². The monoisotopic (exact) mass is 743 g/mol. The molecule has 0 saturated carbocycles. The highest BCUT2D eigenvalue weighted by molar-refractivity contribution is 6.13. The molecule has 0 aliphatic carbocycles. The molecule has 0 saturated heterocycles. The number of nitrogens with zero attached hydrogens (tertiary/aromatic N) is 3. The molecule has 0 atom stereocenters. The summed E-state index contributed by atoms with van der Waals surface area (Å²) >= 11 is 0. The van der Waals surface area contributed by atoms with E-state index < -0.39 is 0 Å². The Balaban J connectivity index is 1.04. The van der Waals surface area contributed by atoms with Crippen molar-refractivity contribution in [2.45, 2.75) is 0 Å². The lowest BCUT2D eigenvalue weighted by molar-refractivity contribution is 0.623. The molecule has 0 aliphatic heterocycles. The van der Waals surface area contributed by atoms with E-state index in [1.54, 1.807) is 0 Å². The van der Waals surface area contributed by atoms with Gasteiger partial charge in [0, 0.05) is 55.2 Å². The third kappa shape index (κ3) is 5.07. The largest absolute Gasteiger partial charge is 0.456 e. The van der Waals surface area contributed by atoms with Crippen molar-refractivity contribution >= 4 is 82.7 Å². The molecule has 9 aromatic carbocycles. The number of aromatic nitrogens is 2. The summed E-state index contributed by atoms with van der Waals surface area (Å²) in [4.78, 5) is 7.24. The van der Waals surface area contributed by atoms with Crippen molar-refractivity contribution in [1.82, 2.24) is 9.55 Å². The molecule has 12 rings (SSSR count). The van der Waals surface area contributed by atoms with Gasteiger partial charge in [-0.3, -0.25) is 0 Å². The van der Waals surface area contributed by atoms with Crippen LogP contribution in [0.1, 0.15) is 0 Å². The second-order valence-electron chi connectivity index (χ2n) is 14.8. The summed E-state index contributed by atoms with van der Waals surface area (Å²) in [5.74, 6) is 0.620. The van der Waals surface area contributed by atoms with E-state index in [9.17, 15) is 0 Å². The van der Waals surface area contributed by atoms with E-state index in [0.717, 1.165) is 88.8 Å². The highest BCUT2D eigenvalue weighted by atomic mass is 16.3. The number of para-hydroxylation sites is 3. The SMILES string of the molecule is c1ccc(-c2nc3ccc4cccc(-c5ccc(N(c6ccc7oc8ccccc8c7c6)c6ccc7c8ccccc8n(-c8ccccc8)c7c6)cc5)c4c3o2)cc1. The highest BCUT2D eigenvalue weighted by Gasteiger charge is 2.20. The first-order chi connectivity index (χ1) is 28.7. The molecule has 0 fully saturated rings. The zero-order valence-electron chi connectivity index (χ0n) is 31.2. The summed E-state index contributed by atoms with van der Waals surface area (Å²) in [5.41, 5.74) is 13.1. The Hall–Kier alpha value is -7.89. The van der Waals surface area contributed by atoms with Crippen molar-refractivity contribution in [3.05, 3.63) is 200 Å². The molecule has 0 amide bonds. The standard InChI is InChI=1S/C53H33N3O2/c1-3-12-36(13-4-1)53-54-46-30-24-35-14-11-19-41(51(35)52(46)58-53)34-22-25-38(26-23-34)55(39-28-31-50-45(32-39)44-18-8-10-21-49(44)57-50)40-27-29-43-42-17-7-9-20-47(42)56(48(43)33-40)37-15-5-2-6-16-37/h1-33H. The van der Waals surface area contributed by atoms with E-state index in [1.165, 1.54) is 16.3 Å². The lowest BCUT2D eigenvalue weighted by Gasteiger charge is -2.26. The first kappa shape index (κ1) is 32.4. The maximum absolute atomic E-state index is 6.54. The van der Waals surface area contributed by atoms with Gasteiger partial charge in [0.1, 0.15) is 16.7 Å². The molecule has 0 aliphatic rings. The average molecular weight is 744 g/mol. The van der Waals surface area contributed by atoms with Gasteiger partial charge in [0.25, 0.3) is 0 Å². The lowest BCUT2D eigenvalue weighted by Crippen LogP contribution is -2.10. The van der Waals surface area contributed by atoms with Crippen LogP contribution in [0.25, 0.3) is 93.9 Å². The fourth-order valence-electron chi connectivity index (χ4n) is 8.74. The number of benzene rings is 9. The normalized spacial score (nSPS) is 11.8. The predicted molar refractivity (Wildman–Crippen MR) is 239 cm³/mol. The van der Waals surface area contributed by atoms with E-state index >= 15 is 0 Å². The molecule has 12 aromatic rings. The Morgan fingerprint density at radius 2 is 1.12 bits per heavy atom. The summed E-state index contributed by atoms with van der Waals surface area (Å²) in [6.45, 7) is 0. The fourth-order valence-corrected chi connectivity index (χ4v) is 8.74. The lowest BCUT2D eigenvalue weighted by atomic mass is 9.97. The molecule has 0 bridgehead atoms. The first-order valence-electron chi connectivity index (χ1n) is 19.5. The number of oxazole rings is 1. The molecule has 3 aromatic heterocycles. The van der Waals surface area contributed by atoms with Crippen LogP contribution in [0.4, 0.5) is 17.1 Å². The van der Waals surface area contributed by atoms with E-state index in [0.29, 0.717) is 5.89 Å². The second-order valence-corrected chi connectivity index (χ2v) is 14.8. The fraction of sp³-hybridized carbons (Fsp3) is 0. The molecule has 5 nitrogen and oxygen atoms in total. The summed E-state index contributed by atoms with van der Waals surface area (Å²) in [6.07, 6.45) is 0. The summed E-state index contributed by atoms with van der Waals surface area (Å²) in [7, 11) is 0. The number of anilines is 3.